The molecule has 0 amide bonds. The second-order valence-electron chi connectivity index (χ2n) is 2.98. The van der Waals surface area contributed by atoms with Crippen molar-refractivity contribution >= 4 is 0 Å². The summed E-state index contributed by atoms with van der Waals surface area (Å²) in [5.41, 5.74) is -0.634. The van der Waals surface area contributed by atoms with Gasteiger partial charge in [0.05, 0.1) is 5.60 Å². The third-order valence-electron chi connectivity index (χ3n) is 1.55. The molecule has 58 valence electrons. The Morgan fingerprint density at radius 1 is 1.60 bits per heavy atom. The van der Waals surface area contributed by atoms with Crippen molar-refractivity contribution in [1.82, 2.24) is 0 Å². The Morgan fingerprint density at radius 3 is 2.60 bits per heavy atom. The van der Waals surface area contributed by atoms with Crippen molar-refractivity contribution in [3.05, 3.63) is 0 Å². The van der Waals surface area contributed by atoms with Gasteiger partial charge in [-0.3, -0.25) is 0 Å². The SMILES string of the molecule is C#CC[C@@](C)(O)CCCC. The molecule has 0 aliphatic heterocycles. The van der Waals surface area contributed by atoms with E-state index in [0.717, 1.165) is 19.3 Å². The first-order valence-electron chi connectivity index (χ1n) is 3.78. The Hall–Kier alpha value is -0.480. The van der Waals surface area contributed by atoms with Crippen LogP contribution in [0.2, 0.25) is 0 Å². The smallest absolute Gasteiger partial charge is 0.0728 e. The highest BCUT2D eigenvalue weighted by molar-refractivity contribution is 4.92. The molecule has 0 radical (unpaired) electrons. The van der Waals surface area contributed by atoms with Crippen molar-refractivity contribution < 1.29 is 5.11 Å². The van der Waals surface area contributed by atoms with Gasteiger partial charge < -0.3 is 5.11 Å². The van der Waals surface area contributed by atoms with Gasteiger partial charge >= 0.3 is 0 Å². The maximum absolute atomic E-state index is 9.50. The quantitative estimate of drug-likeness (QED) is 0.592. The molecule has 1 heteroatoms. The van der Waals surface area contributed by atoms with Crippen LogP contribution >= 0.6 is 0 Å². The third-order valence-corrected chi connectivity index (χ3v) is 1.55. The highest BCUT2D eigenvalue weighted by atomic mass is 16.3. The Kier molecular flexibility index (Phi) is 4.14. The molecule has 0 aliphatic carbocycles. The van der Waals surface area contributed by atoms with E-state index in [1.54, 1.807) is 6.92 Å². The first-order chi connectivity index (χ1) is 4.62. The van der Waals surface area contributed by atoms with E-state index in [4.69, 9.17) is 6.42 Å². The van der Waals surface area contributed by atoms with Crippen molar-refractivity contribution in [1.29, 1.82) is 0 Å². The molecule has 0 saturated heterocycles. The maximum Gasteiger partial charge on any atom is 0.0728 e. The molecular weight excluding hydrogens is 124 g/mol. The summed E-state index contributed by atoms with van der Waals surface area (Å²) in [6, 6.07) is 0. The molecule has 0 aromatic rings. The van der Waals surface area contributed by atoms with Crippen LogP contribution in [0.5, 0.6) is 0 Å². The lowest BCUT2D eigenvalue weighted by Crippen LogP contribution is -2.22. The van der Waals surface area contributed by atoms with Gasteiger partial charge in [-0.25, -0.2) is 0 Å². The molecule has 0 aromatic heterocycles. The van der Waals surface area contributed by atoms with E-state index in [1.807, 2.05) is 0 Å². The second kappa shape index (κ2) is 4.35. The van der Waals surface area contributed by atoms with Crippen molar-refractivity contribution in [2.24, 2.45) is 0 Å². The minimum Gasteiger partial charge on any atom is -0.389 e. The first kappa shape index (κ1) is 9.52. The summed E-state index contributed by atoms with van der Waals surface area (Å²) in [6.07, 6.45) is 8.52. The van der Waals surface area contributed by atoms with Gasteiger partial charge in [0.1, 0.15) is 0 Å². The van der Waals surface area contributed by atoms with E-state index in [1.165, 1.54) is 0 Å². The lowest BCUT2D eigenvalue weighted by atomic mass is 9.96. The lowest BCUT2D eigenvalue weighted by Gasteiger charge is -2.19. The standard InChI is InChI=1S/C9H16O/c1-4-6-8-9(3,10)7-5-2/h2,10H,4,6-8H2,1,3H3/t9-/m1/s1. The lowest BCUT2D eigenvalue weighted by molar-refractivity contribution is 0.0540. The van der Waals surface area contributed by atoms with Gasteiger partial charge in [-0.15, -0.1) is 12.3 Å². The van der Waals surface area contributed by atoms with E-state index in [0.29, 0.717) is 6.42 Å². The highest BCUT2D eigenvalue weighted by Crippen LogP contribution is 2.16. The molecule has 0 aliphatic rings. The number of terminal acetylenes is 1. The Labute approximate surface area is 63.5 Å². The van der Waals surface area contributed by atoms with Gasteiger partial charge in [0.2, 0.25) is 0 Å². The third kappa shape index (κ3) is 4.40. The summed E-state index contributed by atoms with van der Waals surface area (Å²) < 4.78 is 0. The molecule has 0 heterocycles. The highest BCUT2D eigenvalue weighted by Gasteiger charge is 2.16. The molecule has 10 heavy (non-hydrogen) atoms. The number of hydrogen-bond acceptors (Lipinski definition) is 1. The summed E-state index contributed by atoms with van der Waals surface area (Å²) in [5, 5.41) is 9.50. The summed E-state index contributed by atoms with van der Waals surface area (Å²) in [5.74, 6) is 2.47. The number of unbranched alkanes of at least 4 members (excludes halogenated alkanes) is 1. The zero-order valence-corrected chi connectivity index (χ0v) is 6.85. The molecule has 1 nitrogen and oxygen atoms in total. The molecule has 0 unspecified atom stereocenters. The van der Waals surface area contributed by atoms with Crippen LogP contribution in [0.3, 0.4) is 0 Å². The van der Waals surface area contributed by atoms with Crippen LogP contribution in [-0.4, -0.2) is 10.7 Å². The zero-order chi connectivity index (χ0) is 8.04. The average molecular weight is 140 g/mol. The molecule has 1 atom stereocenters. The Bertz CT molecular complexity index is 119. The largest absolute Gasteiger partial charge is 0.389 e. The van der Waals surface area contributed by atoms with Crippen molar-refractivity contribution in [3.8, 4) is 12.3 Å². The van der Waals surface area contributed by atoms with Crippen LogP contribution in [0.15, 0.2) is 0 Å². The molecule has 0 aromatic carbocycles. The van der Waals surface area contributed by atoms with Crippen LogP contribution in [0.4, 0.5) is 0 Å². The fraction of sp³-hybridized carbons (Fsp3) is 0.778. The topological polar surface area (TPSA) is 20.2 Å². The normalized spacial score (nSPS) is 15.8. The fourth-order valence-corrected chi connectivity index (χ4v) is 0.866. The van der Waals surface area contributed by atoms with E-state index in [9.17, 15) is 5.11 Å². The van der Waals surface area contributed by atoms with E-state index >= 15 is 0 Å². The molecule has 0 spiro atoms. The van der Waals surface area contributed by atoms with Crippen molar-refractivity contribution in [2.45, 2.75) is 45.1 Å². The van der Waals surface area contributed by atoms with Crippen molar-refractivity contribution in [2.75, 3.05) is 0 Å². The summed E-state index contributed by atoms with van der Waals surface area (Å²) in [4.78, 5) is 0. The summed E-state index contributed by atoms with van der Waals surface area (Å²) >= 11 is 0. The van der Waals surface area contributed by atoms with Gasteiger partial charge in [-0.1, -0.05) is 19.8 Å². The molecular formula is C9H16O. The maximum atomic E-state index is 9.50. The van der Waals surface area contributed by atoms with Gasteiger partial charge in [0.25, 0.3) is 0 Å². The molecule has 0 rings (SSSR count). The Morgan fingerprint density at radius 2 is 2.20 bits per heavy atom. The van der Waals surface area contributed by atoms with E-state index in [-0.39, 0.29) is 0 Å². The minimum atomic E-state index is -0.634. The molecule has 0 bridgehead atoms. The summed E-state index contributed by atoms with van der Waals surface area (Å²) in [7, 11) is 0. The molecule has 0 saturated carbocycles. The number of hydrogen-bond donors (Lipinski definition) is 1. The van der Waals surface area contributed by atoms with E-state index in [2.05, 4.69) is 12.8 Å². The number of rotatable bonds is 4. The second-order valence-corrected chi connectivity index (χ2v) is 2.98. The minimum absolute atomic E-state index is 0.465. The molecule has 0 fully saturated rings. The predicted octanol–water partition coefficient (Wildman–Crippen LogP) is 1.95. The summed E-state index contributed by atoms with van der Waals surface area (Å²) in [6.45, 7) is 3.90. The first-order valence-corrected chi connectivity index (χ1v) is 3.78. The van der Waals surface area contributed by atoms with Gasteiger partial charge in [0.15, 0.2) is 0 Å². The molecule has 1 N–H and O–H groups in total. The van der Waals surface area contributed by atoms with Crippen molar-refractivity contribution in [3.63, 3.8) is 0 Å². The van der Waals surface area contributed by atoms with Crippen LogP contribution in [0.1, 0.15) is 39.5 Å². The number of aliphatic hydroxyl groups is 1. The fourth-order valence-electron chi connectivity index (χ4n) is 0.866. The van der Waals surface area contributed by atoms with Crippen LogP contribution in [-0.2, 0) is 0 Å². The van der Waals surface area contributed by atoms with Crippen LogP contribution in [0.25, 0.3) is 0 Å². The average Bonchev–Trinajstić information content (AvgIpc) is 1.84. The van der Waals surface area contributed by atoms with Crippen LogP contribution in [0, 0.1) is 12.3 Å². The van der Waals surface area contributed by atoms with Gasteiger partial charge in [-0.2, -0.15) is 0 Å². The van der Waals surface area contributed by atoms with Gasteiger partial charge in [0, 0.05) is 6.42 Å². The van der Waals surface area contributed by atoms with Gasteiger partial charge in [-0.05, 0) is 13.3 Å². The monoisotopic (exact) mass is 140 g/mol. The van der Waals surface area contributed by atoms with Crippen LogP contribution < -0.4 is 0 Å². The zero-order valence-electron chi connectivity index (χ0n) is 6.85. The van der Waals surface area contributed by atoms with E-state index < -0.39 is 5.60 Å². The predicted molar refractivity (Wildman–Crippen MR) is 43.6 cm³/mol. The Balaban J connectivity index is 3.55.